The van der Waals surface area contributed by atoms with Crippen LogP contribution in [0.25, 0.3) is 10.8 Å². The Labute approximate surface area is 143 Å². The first-order chi connectivity index (χ1) is 11.7. The molecule has 5 nitrogen and oxygen atoms in total. The van der Waals surface area contributed by atoms with Gasteiger partial charge in [-0.05, 0) is 55.0 Å². The molecule has 1 aliphatic rings. The van der Waals surface area contributed by atoms with Crippen LogP contribution in [0.4, 0.5) is 0 Å². The van der Waals surface area contributed by atoms with E-state index in [1.54, 1.807) is 11.3 Å². The molecule has 1 atom stereocenters. The maximum absolute atomic E-state index is 11.9. The Morgan fingerprint density at radius 3 is 3.00 bits per heavy atom. The SMILES string of the molecule is C[C@@H](Oc1ccc2c(c1)CCCC2=O)c1nnc(-c2cccs2)o1. The number of ketones is 1. The molecular formula is C18H16N2O3S. The summed E-state index contributed by atoms with van der Waals surface area (Å²) in [5.74, 6) is 1.87. The molecule has 2 heterocycles. The summed E-state index contributed by atoms with van der Waals surface area (Å²) in [5, 5.41) is 10.1. The third-order valence-electron chi connectivity index (χ3n) is 4.06. The summed E-state index contributed by atoms with van der Waals surface area (Å²) in [6, 6.07) is 9.50. The van der Waals surface area contributed by atoms with Gasteiger partial charge in [-0.1, -0.05) is 6.07 Å². The van der Waals surface area contributed by atoms with Crippen molar-refractivity contribution in [3.63, 3.8) is 0 Å². The second-order valence-corrected chi connectivity index (χ2v) is 6.73. The van der Waals surface area contributed by atoms with Gasteiger partial charge in [-0.15, -0.1) is 21.5 Å². The van der Waals surface area contributed by atoms with Crippen LogP contribution >= 0.6 is 11.3 Å². The third kappa shape index (κ3) is 2.85. The molecule has 0 radical (unpaired) electrons. The molecule has 3 aromatic rings. The molecule has 24 heavy (non-hydrogen) atoms. The lowest BCUT2D eigenvalue weighted by atomic mass is 9.90. The molecule has 1 aromatic carbocycles. The lowest BCUT2D eigenvalue weighted by Crippen LogP contribution is -2.11. The molecule has 0 bridgehead atoms. The number of carbonyl (C=O) groups is 1. The van der Waals surface area contributed by atoms with Gasteiger partial charge in [-0.3, -0.25) is 4.79 Å². The van der Waals surface area contributed by atoms with Crippen LogP contribution in [0.3, 0.4) is 0 Å². The van der Waals surface area contributed by atoms with E-state index >= 15 is 0 Å². The van der Waals surface area contributed by atoms with Crippen LogP contribution < -0.4 is 4.74 Å². The molecule has 1 aliphatic carbocycles. The number of aromatic nitrogens is 2. The van der Waals surface area contributed by atoms with Crippen molar-refractivity contribution in [2.24, 2.45) is 0 Å². The van der Waals surface area contributed by atoms with Crippen LogP contribution in [0.15, 0.2) is 40.1 Å². The van der Waals surface area contributed by atoms with Gasteiger partial charge >= 0.3 is 0 Å². The summed E-state index contributed by atoms with van der Waals surface area (Å²) >= 11 is 1.55. The number of ether oxygens (including phenoxy) is 1. The van der Waals surface area contributed by atoms with Gasteiger partial charge < -0.3 is 9.15 Å². The predicted molar refractivity (Wildman–Crippen MR) is 90.4 cm³/mol. The highest BCUT2D eigenvalue weighted by molar-refractivity contribution is 7.13. The minimum atomic E-state index is -0.358. The highest BCUT2D eigenvalue weighted by atomic mass is 32.1. The van der Waals surface area contributed by atoms with Gasteiger partial charge in [0.2, 0.25) is 0 Å². The highest BCUT2D eigenvalue weighted by Gasteiger charge is 2.20. The van der Waals surface area contributed by atoms with Gasteiger partial charge in [-0.2, -0.15) is 0 Å². The molecule has 0 N–H and O–H groups in total. The number of hydrogen-bond acceptors (Lipinski definition) is 6. The van der Waals surface area contributed by atoms with Gasteiger partial charge in [0.15, 0.2) is 11.9 Å². The molecule has 0 saturated carbocycles. The van der Waals surface area contributed by atoms with E-state index in [0.29, 0.717) is 24.0 Å². The number of fused-ring (bicyclic) bond motifs is 1. The van der Waals surface area contributed by atoms with Crippen molar-refractivity contribution in [1.82, 2.24) is 10.2 Å². The smallest absolute Gasteiger partial charge is 0.257 e. The topological polar surface area (TPSA) is 65.2 Å². The zero-order chi connectivity index (χ0) is 16.5. The quantitative estimate of drug-likeness (QED) is 0.701. The van der Waals surface area contributed by atoms with Crippen LogP contribution in [0.5, 0.6) is 5.75 Å². The van der Waals surface area contributed by atoms with Crippen molar-refractivity contribution in [3.8, 4) is 16.5 Å². The molecule has 6 heteroatoms. The van der Waals surface area contributed by atoms with Crippen molar-refractivity contribution >= 4 is 17.1 Å². The zero-order valence-corrected chi connectivity index (χ0v) is 14.0. The Bertz CT molecular complexity index is 870. The second-order valence-electron chi connectivity index (χ2n) is 5.78. The molecule has 2 aromatic heterocycles. The maximum Gasteiger partial charge on any atom is 0.257 e. The second kappa shape index (κ2) is 6.20. The summed E-state index contributed by atoms with van der Waals surface area (Å²) in [4.78, 5) is 12.8. The van der Waals surface area contributed by atoms with Crippen molar-refractivity contribution in [2.45, 2.75) is 32.3 Å². The molecule has 122 valence electrons. The summed E-state index contributed by atoms with van der Waals surface area (Å²) in [6.45, 7) is 1.87. The van der Waals surface area contributed by atoms with Crippen molar-refractivity contribution in [2.75, 3.05) is 0 Å². The number of carbonyl (C=O) groups excluding carboxylic acids is 1. The van der Waals surface area contributed by atoms with E-state index in [4.69, 9.17) is 9.15 Å². The molecule has 0 spiro atoms. The summed E-state index contributed by atoms with van der Waals surface area (Å²) < 4.78 is 11.6. The number of thiophene rings is 1. The van der Waals surface area contributed by atoms with Gasteiger partial charge in [0.1, 0.15) is 5.75 Å². The molecule has 0 unspecified atom stereocenters. The largest absolute Gasteiger partial charge is 0.481 e. The first kappa shape index (κ1) is 15.1. The molecular weight excluding hydrogens is 324 g/mol. The minimum absolute atomic E-state index is 0.216. The van der Waals surface area contributed by atoms with E-state index in [1.807, 2.05) is 42.6 Å². The van der Waals surface area contributed by atoms with Gasteiger partial charge in [0.05, 0.1) is 4.88 Å². The fraction of sp³-hybridized carbons (Fsp3) is 0.278. The standard InChI is InChI=1S/C18H16N2O3S/c1-11(17-19-20-18(23-17)16-6-3-9-24-16)22-13-7-8-14-12(10-13)4-2-5-15(14)21/h3,6-11H,2,4-5H2,1H3/t11-/m1/s1. The number of rotatable bonds is 4. The number of nitrogens with zero attached hydrogens (tertiary/aromatic N) is 2. The fourth-order valence-corrected chi connectivity index (χ4v) is 3.49. The Kier molecular flexibility index (Phi) is 3.90. The van der Waals surface area contributed by atoms with E-state index in [-0.39, 0.29) is 11.9 Å². The number of Topliss-reactive ketones (excluding diaryl/α,β-unsaturated/α-hetero) is 1. The van der Waals surface area contributed by atoms with Crippen molar-refractivity contribution < 1.29 is 13.9 Å². The number of benzene rings is 1. The van der Waals surface area contributed by atoms with Crippen molar-refractivity contribution in [1.29, 1.82) is 0 Å². The first-order valence-electron chi connectivity index (χ1n) is 7.91. The summed E-state index contributed by atoms with van der Waals surface area (Å²) in [7, 11) is 0. The highest BCUT2D eigenvalue weighted by Crippen LogP contribution is 2.29. The predicted octanol–water partition coefficient (Wildman–Crippen LogP) is 4.46. The molecule has 4 rings (SSSR count). The third-order valence-corrected chi connectivity index (χ3v) is 4.92. The van der Waals surface area contributed by atoms with Crippen LogP contribution in [-0.2, 0) is 6.42 Å². The molecule has 0 aliphatic heterocycles. The van der Waals surface area contributed by atoms with Gasteiger partial charge in [-0.25, -0.2) is 0 Å². The average Bonchev–Trinajstić information content (AvgIpc) is 3.26. The Morgan fingerprint density at radius 2 is 2.17 bits per heavy atom. The molecule has 0 fully saturated rings. The van der Waals surface area contributed by atoms with Crippen molar-refractivity contribution in [3.05, 3.63) is 52.7 Å². The zero-order valence-electron chi connectivity index (χ0n) is 13.2. The van der Waals surface area contributed by atoms with E-state index in [0.717, 1.165) is 28.8 Å². The van der Waals surface area contributed by atoms with Crippen LogP contribution in [-0.4, -0.2) is 16.0 Å². The number of hydrogen-bond donors (Lipinski definition) is 0. The van der Waals surface area contributed by atoms with E-state index in [2.05, 4.69) is 10.2 Å². The first-order valence-corrected chi connectivity index (χ1v) is 8.79. The van der Waals surface area contributed by atoms with E-state index in [9.17, 15) is 4.79 Å². The van der Waals surface area contributed by atoms with Crippen LogP contribution in [0.2, 0.25) is 0 Å². The fourth-order valence-electron chi connectivity index (χ4n) is 2.85. The minimum Gasteiger partial charge on any atom is -0.481 e. The van der Waals surface area contributed by atoms with Crippen LogP contribution in [0, 0.1) is 0 Å². The van der Waals surface area contributed by atoms with E-state index in [1.165, 1.54) is 0 Å². The lowest BCUT2D eigenvalue weighted by molar-refractivity contribution is 0.0972. The Balaban J connectivity index is 1.52. The molecule has 0 amide bonds. The average molecular weight is 340 g/mol. The summed E-state index contributed by atoms with van der Waals surface area (Å²) in [6.07, 6.45) is 2.09. The van der Waals surface area contributed by atoms with Crippen LogP contribution in [0.1, 0.15) is 47.7 Å². The monoisotopic (exact) mass is 340 g/mol. The van der Waals surface area contributed by atoms with Gasteiger partial charge in [0.25, 0.3) is 11.8 Å². The Morgan fingerprint density at radius 1 is 1.25 bits per heavy atom. The maximum atomic E-state index is 11.9. The lowest BCUT2D eigenvalue weighted by Gasteiger charge is -2.17. The summed E-state index contributed by atoms with van der Waals surface area (Å²) in [5.41, 5.74) is 1.87. The molecule has 0 saturated heterocycles. The Hall–Kier alpha value is -2.47. The number of aryl methyl sites for hydroxylation is 1. The normalized spacial score (nSPS) is 15.1. The van der Waals surface area contributed by atoms with E-state index < -0.39 is 0 Å². The van der Waals surface area contributed by atoms with Gasteiger partial charge in [0, 0.05) is 12.0 Å².